The van der Waals surface area contributed by atoms with Crippen molar-refractivity contribution >= 4 is 29.1 Å². The summed E-state index contributed by atoms with van der Waals surface area (Å²) in [7, 11) is 1.54. The molecule has 0 bridgehead atoms. The van der Waals surface area contributed by atoms with Crippen molar-refractivity contribution in [1.82, 2.24) is 4.90 Å². The van der Waals surface area contributed by atoms with Crippen LogP contribution in [0.25, 0.3) is 0 Å². The first kappa shape index (κ1) is 15.5. The average molecular weight is 285 g/mol. The van der Waals surface area contributed by atoms with Crippen LogP contribution in [-0.4, -0.2) is 43.5 Å². The number of halogens is 1. The highest BCUT2D eigenvalue weighted by Gasteiger charge is 2.14. The van der Waals surface area contributed by atoms with E-state index in [4.69, 9.17) is 16.3 Å². The predicted molar refractivity (Wildman–Crippen MR) is 74.2 cm³/mol. The van der Waals surface area contributed by atoms with Crippen LogP contribution >= 0.6 is 11.6 Å². The van der Waals surface area contributed by atoms with Crippen molar-refractivity contribution < 1.29 is 14.3 Å². The van der Waals surface area contributed by atoms with E-state index in [1.807, 2.05) is 0 Å². The monoisotopic (exact) mass is 284 g/mol. The second-order valence-corrected chi connectivity index (χ2v) is 4.37. The molecule has 1 aromatic carbocycles. The quantitative estimate of drug-likeness (QED) is 0.866. The minimum atomic E-state index is -0.292. The molecule has 104 valence electrons. The summed E-state index contributed by atoms with van der Waals surface area (Å²) in [4.78, 5) is 24.6. The molecule has 0 aromatic heterocycles. The number of rotatable bonds is 6. The smallest absolute Gasteiger partial charge is 0.244 e. The summed E-state index contributed by atoms with van der Waals surface area (Å²) in [6.45, 7) is 2.16. The molecule has 0 saturated heterocycles. The van der Waals surface area contributed by atoms with Gasteiger partial charge in [0.1, 0.15) is 0 Å². The second kappa shape index (κ2) is 7.76. The van der Waals surface area contributed by atoms with Gasteiger partial charge in [0.05, 0.1) is 23.9 Å². The van der Waals surface area contributed by atoms with Crippen LogP contribution in [0.4, 0.5) is 5.69 Å². The summed E-state index contributed by atoms with van der Waals surface area (Å²) in [6.07, 6.45) is 0. The van der Waals surface area contributed by atoms with Crippen LogP contribution in [0.15, 0.2) is 24.3 Å². The molecule has 0 aliphatic heterocycles. The lowest BCUT2D eigenvalue weighted by molar-refractivity contribution is -0.133. The molecule has 0 aliphatic rings. The zero-order valence-electron chi connectivity index (χ0n) is 11.0. The second-order valence-electron chi connectivity index (χ2n) is 3.96. The topological polar surface area (TPSA) is 58.6 Å². The Hall–Kier alpha value is -1.59. The first-order valence-electron chi connectivity index (χ1n) is 5.83. The first-order chi connectivity index (χ1) is 9.04. The number of ether oxygens (including phenoxy) is 1. The fraction of sp³-hybridized carbons (Fsp3) is 0.385. The average Bonchev–Trinajstić information content (AvgIpc) is 2.37. The molecule has 19 heavy (non-hydrogen) atoms. The number of carbonyl (C=O) groups excluding carboxylic acids is 2. The van der Waals surface area contributed by atoms with E-state index in [2.05, 4.69) is 5.32 Å². The predicted octanol–water partition coefficient (Wildman–Crippen LogP) is 1.77. The van der Waals surface area contributed by atoms with Gasteiger partial charge < -0.3 is 15.0 Å². The fourth-order valence-corrected chi connectivity index (χ4v) is 1.66. The molecular formula is C13H17ClN2O3. The molecule has 1 aromatic rings. The molecule has 0 saturated carbocycles. The number of carbonyl (C=O) groups is 2. The van der Waals surface area contributed by atoms with Gasteiger partial charge in [0, 0.05) is 20.6 Å². The SMILES string of the molecule is COCCN(CC(=O)Nc1ccccc1Cl)C(C)=O. The van der Waals surface area contributed by atoms with Crippen molar-refractivity contribution in [3.8, 4) is 0 Å². The molecule has 0 heterocycles. The lowest BCUT2D eigenvalue weighted by Gasteiger charge is -2.20. The number of amides is 2. The Kier molecular flexibility index (Phi) is 6.32. The number of hydrogen-bond acceptors (Lipinski definition) is 3. The van der Waals surface area contributed by atoms with E-state index in [1.165, 1.54) is 11.8 Å². The number of nitrogens with one attached hydrogen (secondary N) is 1. The highest BCUT2D eigenvalue weighted by molar-refractivity contribution is 6.33. The third kappa shape index (κ3) is 5.28. The van der Waals surface area contributed by atoms with E-state index in [1.54, 1.807) is 31.4 Å². The van der Waals surface area contributed by atoms with E-state index in [0.29, 0.717) is 23.9 Å². The Morgan fingerprint density at radius 2 is 2.05 bits per heavy atom. The maximum atomic E-state index is 11.8. The van der Waals surface area contributed by atoms with Gasteiger partial charge in [0.25, 0.3) is 0 Å². The van der Waals surface area contributed by atoms with Gasteiger partial charge in [-0.1, -0.05) is 23.7 Å². The van der Waals surface area contributed by atoms with Gasteiger partial charge in [-0.25, -0.2) is 0 Å². The van der Waals surface area contributed by atoms with Gasteiger partial charge in [-0.15, -0.1) is 0 Å². The van der Waals surface area contributed by atoms with Gasteiger partial charge in [0.2, 0.25) is 11.8 Å². The van der Waals surface area contributed by atoms with Crippen LogP contribution in [0.2, 0.25) is 5.02 Å². The van der Waals surface area contributed by atoms with E-state index in [9.17, 15) is 9.59 Å². The molecule has 0 radical (unpaired) electrons. The molecule has 1 rings (SSSR count). The van der Waals surface area contributed by atoms with Gasteiger partial charge in [-0.2, -0.15) is 0 Å². The molecule has 5 nitrogen and oxygen atoms in total. The Morgan fingerprint density at radius 1 is 1.37 bits per heavy atom. The summed E-state index contributed by atoms with van der Waals surface area (Å²) in [5.74, 6) is -0.467. The molecule has 0 spiro atoms. The highest BCUT2D eigenvalue weighted by Crippen LogP contribution is 2.20. The Balaban J connectivity index is 2.58. The maximum Gasteiger partial charge on any atom is 0.244 e. The van der Waals surface area contributed by atoms with E-state index in [-0.39, 0.29) is 18.4 Å². The van der Waals surface area contributed by atoms with Crippen LogP contribution in [0.5, 0.6) is 0 Å². The fourth-order valence-electron chi connectivity index (χ4n) is 1.47. The summed E-state index contributed by atoms with van der Waals surface area (Å²) >= 11 is 5.94. The number of para-hydroxylation sites is 1. The van der Waals surface area contributed by atoms with Crippen molar-refractivity contribution in [2.45, 2.75) is 6.92 Å². The highest BCUT2D eigenvalue weighted by atomic mass is 35.5. The summed E-state index contributed by atoms with van der Waals surface area (Å²) < 4.78 is 4.89. The Morgan fingerprint density at radius 3 is 2.63 bits per heavy atom. The number of nitrogens with zero attached hydrogens (tertiary/aromatic N) is 1. The molecule has 0 unspecified atom stereocenters. The molecular weight excluding hydrogens is 268 g/mol. The number of benzene rings is 1. The first-order valence-corrected chi connectivity index (χ1v) is 6.21. The summed E-state index contributed by atoms with van der Waals surface area (Å²) in [5.41, 5.74) is 0.532. The zero-order valence-corrected chi connectivity index (χ0v) is 11.7. The van der Waals surface area contributed by atoms with Gasteiger partial charge in [-0.3, -0.25) is 9.59 Å². The molecule has 2 amide bonds. The number of anilines is 1. The van der Waals surface area contributed by atoms with Crippen molar-refractivity contribution in [1.29, 1.82) is 0 Å². The molecule has 0 atom stereocenters. The zero-order chi connectivity index (χ0) is 14.3. The van der Waals surface area contributed by atoms with E-state index in [0.717, 1.165) is 0 Å². The normalized spacial score (nSPS) is 10.1. The van der Waals surface area contributed by atoms with Crippen molar-refractivity contribution in [3.63, 3.8) is 0 Å². The minimum absolute atomic E-state index is 0.0239. The van der Waals surface area contributed by atoms with Crippen LogP contribution in [0.1, 0.15) is 6.92 Å². The summed E-state index contributed by atoms with van der Waals surface area (Å²) in [5, 5.41) is 3.13. The van der Waals surface area contributed by atoms with Crippen LogP contribution in [0.3, 0.4) is 0 Å². The lowest BCUT2D eigenvalue weighted by Crippen LogP contribution is -2.38. The Labute approximate surface area is 117 Å². The minimum Gasteiger partial charge on any atom is -0.383 e. The Bertz CT molecular complexity index is 451. The summed E-state index contributed by atoms with van der Waals surface area (Å²) in [6, 6.07) is 6.94. The molecule has 0 fully saturated rings. The maximum absolute atomic E-state index is 11.8. The van der Waals surface area contributed by atoms with E-state index >= 15 is 0 Å². The molecule has 1 N–H and O–H groups in total. The number of hydrogen-bond donors (Lipinski definition) is 1. The third-order valence-electron chi connectivity index (χ3n) is 2.49. The van der Waals surface area contributed by atoms with Crippen molar-refractivity contribution in [2.75, 3.05) is 32.1 Å². The largest absolute Gasteiger partial charge is 0.383 e. The number of methoxy groups -OCH3 is 1. The standard InChI is InChI=1S/C13H17ClN2O3/c1-10(17)16(7-8-19-2)9-13(18)15-12-6-4-3-5-11(12)14/h3-6H,7-9H2,1-2H3,(H,15,18). The third-order valence-corrected chi connectivity index (χ3v) is 2.82. The van der Waals surface area contributed by atoms with Crippen LogP contribution in [-0.2, 0) is 14.3 Å². The lowest BCUT2D eigenvalue weighted by atomic mass is 10.3. The van der Waals surface area contributed by atoms with Gasteiger partial charge in [-0.05, 0) is 12.1 Å². The van der Waals surface area contributed by atoms with Crippen molar-refractivity contribution in [3.05, 3.63) is 29.3 Å². The van der Waals surface area contributed by atoms with Crippen molar-refractivity contribution in [2.24, 2.45) is 0 Å². The van der Waals surface area contributed by atoms with Gasteiger partial charge >= 0.3 is 0 Å². The molecule has 0 aliphatic carbocycles. The van der Waals surface area contributed by atoms with Crippen LogP contribution < -0.4 is 5.32 Å². The molecule has 6 heteroatoms. The van der Waals surface area contributed by atoms with E-state index < -0.39 is 0 Å². The van der Waals surface area contributed by atoms with Gasteiger partial charge in [0.15, 0.2) is 0 Å². The van der Waals surface area contributed by atoms with Crippen LogP contribution in [0, 0.1) is 0 Å².